The first-order valence-electron chi connectivity index (χ1n) is 11.2. The molecule has 0 radical (unpaired) electrons. The number of urea groups is 1. The van der Waals surface area contributed by atoms with Crippen molar-refractivity contribution in [3.05, 3.63) is 59.3 Å². The maximum atomic E-state index is 12.8. The molecule has 0 aromatic heterocycles. The van der Waals surface area contributed by atoms with Crippen LogP contribution in [0.3, 0.4) is 0 Å². The lowest BCUT2D eigenvalue weighted by molar-refractivity contribution is -0.139. The summed E-state index contributed by atoms with van der Waals surface area (Å²) in [6.07, 6.45) is 0. The zero-order chi connectivity index (χ0) is 25.5. The molecule has 1 atom stereocenters. The molecule has 0 spiro atoms. The van der Waals surface area contributed by atoms with Crippen LogP contribution in [-0.4, -0.2) is 49.4 Å². The largest absolute Gasteiger partial charge is 0.497 e. The van der Waals surface area contributed by atoms with E-state index in [1.807, 2.05) is 24.8 Å². The smallest absolute Gasteiger partial charge is 0.338 e. The van der Waals surface area contributed by atoms with E-state index in [0.717, 1.165) is 11.3 Å². The van der Waals surface area contributed by atoms with E-state index in [4.69, 9.17) is 26.4 Å². The monoisotopic (exact) mass is 498 g/mol. The van der Waals surface area contributed by atoms with Crippen LogP contribution in [0.5, 0.6) is 11.5 Å². The van der Waals surface area contributed by atoms with Crippen molar-refractivity contribution in [2.75, 3.05) is 38.0 Å². The number of hydrogen-bond donors (Lipinski definition) is 3. The third-order valence-electron chi connectivity index (χ3n) is 5.50. The lowest BCUT2D eigenvalue weighted by Gasteiger charge is -2.37. The minimum Gasteiger partial charge on any atom is -0.497 e. The molecule has 10 heteroatoms. The Bertz CT molecular complexity index is 1130. The summed E-state index contributed by atoms with van der Waals surface area (Å²) in [6, 6.07) is 11.3. The van der Waals surface area contributed by atoms with Crippen LogP contribution in [0.2, 0.25) is 0 Å². The van der Waals surface area contributed by atoms with E-state index in [1.165, 1.54) is 14.2 Å². The number of carbonyl (C=O) groups excluding carboxylic acids is 2. The van der Waals surface area contributed by atoms with Crippen molar-refractivity contribution >= 4 is 40.7 Å². The highest BCUT2D eigenvalue weighted by Crippen LogP contribution is 2.32. The molecule has 2 amide bonds. The minimum atomic E-state index is -0.517. The highest BCUT2D eigenvalue weighted by Gasteiger charge is 2.34. The Labute approximate surface area is 210 Å². The van der Waals surface area contributed by atoms with Gasteiger partial charge in [-0.2, -0.15) is 0 Å². The van der Waals surface area contributed by atoms with Crippen LogP contribution in [-0.2, 0) is 9.53 Å². The van der Waals surface area contributed by atoms with Gasteiger partial charge in [-0.1, -0.05) is 12.1 Å². The highest BCUT2D eigenvalue weighted by molar-refractivity contribution is 7.80. The molecule has 2 aromatic carbocycles. The maximum absolute atomic E-state index is 12.8. The fraction of sp³-hybridized carbons (Fsp3) is 0.320. The molecular weight excluding hydrogens is 468 g/mol. The molecule has 2 aromatic rings. The number of hydrogen-bond acceptors (Lipinski definition) is 6. The summed E-state index contributed by atoms with van der Waals surface area (Å²) in [5, 5.41) is 9.36. The van der Waals surface area contributed by atoms with E-state index in [1.54, 1.807) is 43.3 Å². The van der Waals surface area contributed by atoms with Gasteiger partial charge < -0.3 is 35.1 Å². The third kappa shape index (κ3) is 6.02. The van der Waals surface area contributed by atoms with E-state index in [-0.39, 0.29) is 6.61 Å². The second kappa shape index (κ2) is 11.6. The molecule has 0 fully saturated rings. The predicted molar refractivity (Wildman–Crippen MR) is 139 cm³/mol. The van der Waals surface area contributed by atoms with E-state index >= 15 is 0 Å². The van der Waals surface area contributed by atoms with Gasteiger partial charge in [-0.15, -0.1) is 0 Å². The molecule has 9 nitrogen and oxygen atoms in total. The average Bonchev–Trinajstić information content (AvgIpc) is 2.83. The summed E-state index contributed by atoms with van der Waals surface area (Å²) in [5.41, 5.74) is 3.03. The fourth-order valence-electron chi connectivity index (χ4n) is 3.85. The van der Waals surface area contributed by atoms with Crippen molar-refractivity contribution in [3.63, 3.8) is 0 Å². The zero-order valence-electron chi connectivity index (χ0n) is 20.4. The molecule has 0 aliphatic carbocycles. The number of benzene rings is 2. The number of allylic oxidation sites excluding steroid dienone is 1. The van der Waals surface area contributed by atoms with Crippen molar-refractivity contribution in [1.29, 1.82) is 0 Å². The Morgan fingerprint density at radius 2 is 1.69 bits per heavy atom. The molecular formula is C25H30N4O5S. The van der Waals surface area contributed by atoms with Crippen LogP contribution in [0.25, 0.3) is 0 Å². The lowest BCUT2D eigenvalue weighted by atomic mass is 9.94. The van der Waals surface area contributed by atoms with Crippen molar-refractivity contribution in [2.45, 2.75) is 26.8 Å². The van der Waals surface area contributed by atoms with Crippen LogP contribution < -0.4 is 25.4 Å². The number of esters is 1. The molecule has 186 valence electrons. The standard InChI is InChI=1S/C25H30N4O5S/c1-6-29-15(3)21(23(30)34-7-2)22(28-25(29)35)16-9-8-10-17(11-16)26-24(31)27-18-12-19(32-4)14-20(13-18)33-5/h8-14,22H,6-7H2,1-5H3,(H,28,35)(H2,26,27,31). The first-order valence-corrected chi connectivity index (χ1v) is 11.6. The third-order valence-corrected chi connectivity index (χ3v) is 5.83. The Hall–Kier alpha value is -3.79. The normalized spacial score (nSPS) is 15.3. The number of amides is 2. The molecule has 35 heavy (non-hydrogen) atoms. The first-order chi connectivity index (χ1) is 16.8. The van der Waals surface area contributed by atoms with Gasteiger partial charge in [0.2, 0.25) is 0 Å². The lowest BCUT2D eigenvalue weighted by Crippen LogP contribution is -2.47. The van der Waals surface area contributed by atoms with Crippen LogP contribution >= 0.6 is 12.2 Å². The second-order valence-electron chi connectivity index (χ2n) is 7.65. The number of methoxy groups -OCH3 is 2. The number of carbonyl (C=O) groups is 2. The van der Waals surface area contributed by atoms with Gasteiger partial charge >= 0.3 is 12.0 Å². The molecule has 0 saturated carbocycles. The number of rotatable bonds is 8. The van der Waals surface area contributed by atoms with E-state index in [9.17, 15) is 9.59 Å². The molecule has 1 aliphatic rings. The summed E-state index contributed by atoms with van der Waals surface area (Å²) >= 11 is 5.53. The minimum absolute atomic E-state index is 0.260. The van der Waals surface area contributed by atoms with Crippen molar-refractivity contribution in [2.24, 2.45) is 0 Å². The summed E-state index contributed by atoms with van der Waals surface area (Å²) in [4.78, 5) is 27.4. The molecule has 0 bridgehead atoms. The van der Waals surface area contributed by atoms with Crippen LogP contribution in [0.1, 0.15) is 32.4 Å². The SMILES string of the molecule is CCOC(=O)C1=C(C)N(CC)C(=S)NC1c1cccc(NC(=O)Nc2cc(OC)cc(OC)c2)c1. The Morgan fingerprint density at radius 1 is 1.03 bits per heavy atom. The number of nitrogens with one attached hydrogen (secondary N) is 3. The average molecular weight is 499 g/mol. The molecule has 1 unspecified atom stereocenters. The number of ether oxygens (including phenoxy) is 3. The quantitative estimate of drug-likeness (QED) is 0.363. The van der Waals surface area contributed by atoms with Crippen molar-refractivity contribution in [1.82, 2.24) is 10.2 Å². The van der Waals surface area contributed by atoms with Crippen molar-refractivity contribution in [3.8, 4) is 11.5 Å². The van der Waals surface area contributed by atoms with Gasteiger partial charge in [-0.25, -0.2) is 9.59 Å². The summed E-state index contributed by atoms with van der Waals surface area (Å²) in [5.74, 6) is 0.693. The number of nitrogens with zero attached hydrogens (tertiary/aromatic N) is 1. The molecule has 1 heterocycles. The van der Waals surface area contributed by atoms with Gasteiger partial charge in [0.05, 0.1) is 32.4 Å². The number of thiocarbonyl (C=S) groups is 1. The van der Waals surface area contributed by atoms with Crippen LogP contribution in [0.4, 0.5) is 16.2 Å². The van der Waals surface area contributed by atoms with E-state index < -0.39 is 18.0 Å². The summed E-state index contributed by atoms with van der Waals surface area (Å²) in [7, 11) is 3.07. The van der Waals surface area contributed by atoms with Crippen LogP contribution in [0.15, 0.2) is 53.7 Å². The summed E-state index contributed by atoms with van der Waals surface area (Å²) in [6.45, 7) is 6.46. The number of anilines is 2. The zero-order valence-corrected chi connectivity index (χ0v) is 21.2. The van der Waals surface area contributed by atoms with Gasteiger partial charge in [0, 0.05) is 41.8 Å². The Balaban J connectivity index is 1.85. The molecule has 1 aliphatic heterocycles. The first kappa shape index (κ1) is 25.8. The molecule has 0 saturated heterocycles. The summed E-state index contributed by atoms with van der Waals surface area (Å²) < 4.78 is 15.8. The van der Waals surface area contributed by atoms with Gasteiger partial charge in [0.1, 0.15) is 11.5 Å². The van der Waals surface area contributed by atoms with Gasteiger partial charge in [-0.3, -0.25) is 0 Å². The van der Waals surface area contributed by atoms with Crippen molar-refractivity contribution < 1.29 is 23.8 Å². The van der Waals surface area contributed by atoms with Crippen LogP contribution in [0, 0.1) is 0 Å². The van der Waals surface area contributed by atoms with E-state index in [0.29, 0.717) is 40.1 Å². The Kier molecular flexibility index (Phi) is 8.53. The Morgan fingerprint density at radius 3 is 2.29 bits per heavy atom. The second-order valence-corrected chi connectivity index (χ2v) is 8.04. The van der Waals surface area contributed by atoms with Gasteiger partial charge in [0.15, 0.2) is 5.11 Å². The molecule has 3 N–H and O–H groups in total. The highest BCUT2D eigenvalue weighted by atomic mass is 32.1. The fourth-order valence-corrected chi connectivity index (χ4v) is 4.24. The van der Waals surface area contributed by atoms with E-state index in [2.05, 4.69) is 16.0 Å². The topological polar surface area (TPSA) is 101 Å². The van der Waals surface area contributed by atoms with Gasteiger partial charge in [-0.05, 0) is 50.7 Å². The predicted octanol–water partition coefficient (Wildman–Crippen LogP) is 4.44. The maximum Gasteiger partial charge on any atom is 0.338 e. The molecule has 3 rings (SSSR count). The van der Waals surface area contributed by atoms with Gasteiger partial charge in [0.25, 0.3) is 0 Å².